The summed E-state index contributed by atoms with van der Waals surface area (Å²) >= 11 is 7.06. The number of hydrogen-bond acceptors (Lipinski definition) is 1. The van der Waals surface area contributed by atoms with Gasteiger partial charge in [-0.3, -0.25) is 4.79 Å². The summed E-state index contributed by atoms with van der Waals surface area (Å²) in [4.78, 5) is 14.7. The van der Waals surface area contributed by atoms with E-state index >= 15 is 0 Å². The van der Waals surface area contributed by atoms with Gasteiger partial charge in [-0.1, -0.05) is 37.9 Å². The fraction of sp³-hybridized carbons (Fsp3) is 0.462. The number of likely N-dealkylation sites (tertiary alicyclic amines) is 1. The second kappa shape index (κ2) is 5.53. The normalized spacial score (nSPS) is 20.4. The van der Waals surface area contributed by atoms with E-state index in [0.29, 0.717) is 4.83 Å². The zero-order valence-electron chi connectivity index (χ0n) is 9.75. The molecule has 2 rings (SSSR count). The molecule has 0 radical (unpaired) electrons. The zero-order chi connectivity index (χ0) is 12.4. The zero-order valence-corrected chi connectivity index (χ0v) is 12.9. The highest BCUT2D eigenvalue weighted by atomic mass is 79.9. The van der Waals surface area contributed by atoms with Gasteiger partial charge in [-0.15, -0.1) is 0 Å². The molecule has 1 saturated heterocycles. The van der Waals surface area contributed by atoms with Gasteiger partial charge in [-0.25, -0.2) is 0 Å². The Hall–Kier alpha value is -0.350. The van der Waals surface area contributed by atoms with Gasteiger partial charge in [-0.05, 0) is 37.5 Å². The SMILES string of the molecule is Cc1ccc(C(=O)N2CCCC(Br)C2)cc1Br. The van der Waals surface area contributed by atoms with E-state index in [9.17, 15) is 4.79 Å². The van der Waals surface area contributed by atoms with Crippen molar-refractivity contribution in [2.24, 2.45) is 0 Å². The number of halogens is 2. The highest BCUT2D eigenvalue weighted by molar-refractivity contribution is 9.10. The fourth-order valence-corrected chi connectivity index (χ4v) is 3.07. The average Bonchev–Trinajstić information content (AvgIpc) is 2.32. The maximum atomic E-state index is 12.3. The number of hydrogen-bond donors (Lipinski definition) is 0. The summed E-state index contributed by atoms with van der Waals surface area (Å²) in [5.41, 5.74) is 1.92. The summed E-state index contributed by atoms with van der Waals surface area (Å²) in [5, 5.41) is 0. The molecule has 0 bridgehead atoms. The number of benzene rings is 1. The Morgan fingerprint density at radius 3 is 2.88 bits per heavy atom. The van der Waals surface area contributed by atoms with Crippen molar-refractivity contribution in [2.45, 2.75) is 24.6 Å². The van der Waals surface area contributed by atoms with Crippen molar-refractivity contribution in [3.05, 3.63) is 33.8 Å². The lowest BCUT2D eigenvalue weighted by Gasteiger charge is -2.30. The Balaban J connectivity index is 2.15. The third-order valence-corrected chi connectivity index (χ3v) is 4.67. The minimum Gasteiger partial charge on any atom is -0.338 e. The Labute approximate surface area is 119 Å². The Kier molecular flexibility index (Phi) is 4.26. The van der Waals surface area contributed by atoms with Crippen molar-refractivity contribution in [1.82, 2.24) is 4.90 Å². The molecule has 1 unspecified atom stereocenters. The van der Waals surface area contributed by atoms with Crippen LogP contribution >= 0.6 is 31.9 Å². The first-order valence-electron chi connectivity index (χ1n) is 5.77. The predicted octanol–water partition coefficient (Wildman–Crippen LogP) is 3.76. The molecule has 0 aromatic heterocycles. The molecule has 0 saturated carbocycles. The largest absolute Gasteiger partial charge is 0.338 e. The first-order valence-corrected chi connectivity index (χ1v) is 7.48. The van der Waals surface area contributed by atoms with Gasteiger partial charge < -0.3 is 4.90 Å². The van der Waals surface area contributed by atoms with Gasteiger partial charge in [0.1, 0.15) is 0 Å². The van der Waals surface area contributed by atoms with E-state index in [1.807, 2.05) is 30.0 Å². The summed E-state index contributed by atoms with van der Waals surface area (Å²) < 4.78 is 0.996. The van der Waals surface area contributed by atoms with Gasteiger partial charge in [0.05, 0.1) is 0 Å². The van der Waals surface area contributed by atoms with Gasteiger partial charge in [0.2, 0.25) is 0 Å². The Bertz CT molecular complexity index is 433. The summed E-state index contributed by atoms with van der Waals surface area (Å²) in [5.74, 6) is 0.134. The Morgan fingerprint density at radius 1 is 1.47 bits per heavy atom. The van der Waals surface area contributed by atoms with Crippen LogP contribution in [0.4, 0.5) is 0 Å². The van der Waals surface area contributed by atoms with Crippen LogP contribution in [0.1, 0.15) is 28.8 Å². The van der Waals surface area contributed by atoms with Crippen LogP contribution in [-0.2, 0) is 0 Å². The van der Waals surface area contributed by atoms with Crippen LogP contribution < -0.4 is 0 Å². The number of carbonyl (C=O) groups excluding carboxylic acids is 1. The summed E-state index contributed by atoms with van der Waals surface area (Å²) in [6, 6.07) is 5.79. The number of piperidine rings is 1. The molecule has 0 N–H and O–H groups in total. The molecule has 4 heteroatoms. The first kappa shape index (κ1) is 13.1. The number of alkyl halides is 1. The fourth-order valence-electron chi connectivity index (χ4n) is 2.02. The van der Waals surface area contributed by atoms with Gasteiger partial charge in [-0.2, -0.15) is 0 Å². The smallest absolute Gasteiger partial charge is 0.253 e. The minimum atomic E-state index is 0.134. The van der Waals surface area contributed by atoms with E-state index in [-0.39, 0.29) is 5.91 Å². The van der Waals surface area contributed by atoms with Crippen molar-refractivity contribution in [1.29, 1.82) is 0 Å². The van der Waals surface area contributed by atoms with Crippen molar-refractivity contribution in [2.75, 3.05) is 13.1 Å². The van der Waals surface area contributed by atoms with E-state index in [0.717, 1.165) is 41.5 Å². The summed E-state index contributed by atoms with van der Waals surface area (Å²) in [6.07, 6.45) is 2.23. The maximum absolute atomic E-state index is 12.3. The number of amides is 1. The number of carbonyl (C=O) groups is 1. The highest BCUT2D eigenvalue weighted by Crippen LogP contribution is 2.22. The van der Waals surface area contributed by atoms with Crippen LogP contribution in [0.2, 0.25) is 0 Å². The van der Waals surface area contributed by atoms with E-state index in [1.165, 1.54) is 0 Å². The molecule has 92 valence electrons. The lowest BCUT2D eigenvalue weighted by molar-refractivity contribution is 0.0730. The van der Waals surface area contributed by atoms with E-state index in [1.54, 1.807) is 0 Å². The number of aryl methyl sites for hydroxylation is 1. The lowest BCUT2D eigenvalue weighted by atomic mass is 10.1. The third-order valence-electron chi connectivity index (χ3n) is 3.07. The second-order valence-corrected chi connectivity index (χ2v) is 6.60. The molecule has 1 aromatic rings. The molecule has 0 spiro atoms. The summed E-state index contributed by atoms with van der Waals surface area (Å²) in [6.45, 7) is 3.70. The van der Waals surface area contributed by atoms with Crippen molar-refractivity contribution in [3.8, 4) is 0 Å². The van der Waals surface area contributed by atoms with Crippen LogP contribution in [0.15, 0.2) is 22.7 Å². The predicted molar refractivity (Wildman–Crippen MR) is 76.7 cm³/mol. The van der Waals surface area contributed by atoms with Gasteiger partial charge >= 0.3 is 0 Å². The van der Waals surface area contributed by atoms with Crippen LogP contribution in [0, 0.1) is 6.92 Å². The van der Waals surface area contributed by atoms with E-state index in [4.69, 9.17) is 0 Å². The highest BCUT2D eigenvalue weighted by Gasteiger charge is 2.22. The Morgan fingerprint density at radius 2 is 2.24 bits per heavy atom. The van der Waals surface area contributed by atoms with Crippen LogP contribution in [0.25, 0.3) is 0 Å². The number of nitrogens with zero attached hydrogens (tertiary/aromatic N) is 1. The second-order valence-electron chi connectivity index (χ2n) is 4.45. The molecular formula is C13H15Br2NO. The van der Waals surface area contributed by atoms with E-state index in [2.05, 4.69) is 31.9 Å². The maximum Gasteiger partial charge on any atom is 0.253 e. The lowest BCUT2D eigenvalue weighted by Crippen LogP contribution is -2.40. The van der Waals surface area contributed by atoms with Crippen LogP contribution in [0.5, 0.6) is 0 Å². The van der Waals surface area contributed by atoms with Crippen LogP contribution in [-0.4, -0.2) is 28.7 Å². The quantitative estimate of drug-likeness (QED) is 0.698. The molecular weight excluding hydrogens is 346 g/mol. The molecule has 2 nitrogen and oxygen atoms in total. The molecule has 1 atom stereocenters. The van der Waals surface area contributed by atoms with E-state index < -0.39 is 0 Å². The van der Waals surface area contributed by atoms with Gasteiger partial charge in [0, 0.05) is 28.0 Å². The molecule has 0 aliphatic carbocycles. The van der Waals surface area contributed by atoms with Gasteiger partial charge in [0.15, 0.2) is 0 Å². The third kappa shape index (κ3) is 3.10. The molecule has 1 aliphatic rings. The monoisotopic (exact) mass is 359 g/mol. The topological polar surface area (TPSA) is 20.3 Å². The first-order chi connectivity index (χ1) is 8.08. The molecule has 1 aliphatic heterocycles. The molecule has 17 heavy (non-hydrogen) atoms. The molecule has 1 aromatic carbocycles. The number of rotatable bonds is 1. The molecule has 1 amide bonds. The molecule has 1 fully saturated rings. The van der Waals surface area contributed by atoms with Crippen LogP contribution in [0.3, 0.4) is 0 Å². The van der Waals surface area contributed by atoms with Crippen molar-refractivity contribution < 1.29 is 4.79 Å². The van der Waals surface area contributed by atoms with Crippen molar-refractivity contribution >= 4 is 37.8 Å². The summed E-state index contributed by atoms with van der Waals surface area (Å²) in [7, 11) is 0. The van der Waals surface area contributed by atoms with Crippen molar-refractivity contribution in [3.63, 3.8) is 0 Å². The standard InChI is InChI=1S/C13H15Br2NO/c1-9-4-5-10(7-12(9)15)13(17)16-6-2-3-11(14)8-16/h4-5,7,11H,2-3,6,8H2,1H3. The average molecular weight is 361 g/mol. The van der Waals surface area contributed by atoms with Gasteiger partial charge in [0.25, 0.3) is 5.91 Å². The minimum absolute atomic E-state index is 0.134. The molecule has 1 heterocycles.